The van der Waals surface area contributed by atoms with E-state index in [4.69, 9.17) is 9.84 Å². The first-order valence-corrected chi connectivity index (χ1v) is 8.17. The number of carbonyl (C=O) groups is 2. The number of carboxylic acids is 1. The molecule has 1 unspecified atom stereocenters. The summed E-state index contributed by atoms with van der Waals surface area (Å²) in [5.41, 5.74) is 0.421. The Kier molecular flexibility index (Phi) is 8.26. The maximum atomic E-state index is 11.4. The Hall–Kier alpha value is -2.08. The highest BCUT2D eigenvalue weighted by Gasteiger charge is 2.18. The van der Waals surface area contributed by atoms with E-state index in [9.17, 15) is 9.59 Å². The van der Waals surface area contributed by atoms with Crippen molar-refractivity contribution in [1.29, 1.82) is 0 Å². The van der Waals surface area contributed by atoms with Crippen molar-refractivity contribution < 1.29 is 19.4 Å². The highest BCUT2D eigenvalue weighted by atomic mass is 16.5. The molecule has 1 aliphatic heterocycles. The van der Waals surface area contributed by atoms with E-state index in [-0.39, 0.29) is 6.09 Å². The minimum absolute atomic E-state index is 0.329. The molecule has 0 saturated carbocycles. The SMILES string of the molecule is CC(C)(C)C(=O)O.O=C(NCC1CCNC1)OCc1ccccc1. The van der Waals surface area contributed by atoms with E-state index in [0.717, 1.165) is 25.1 Å². The highest BCUT2D eigenvalue weighted by molar-refractivity contribution is 5.72. The Balaban J connectivity index is 0.000000351. The molecule has 134 valence electrons. The van der Waals surface area contributed by atoms with Crippen LogP contribution in [0.1, 0.15) is 32.8 Å². The highest BCUT2D eigenvalue weighted by Crippen LogP contribution is 2.11. The normalized spacial score (nSPS) is 16.7. The quantitative estimate of drug-likeness (QED) is 0.787. The van der Waals surface area contributed by atoms with E-state index in [2.05, 4.69) is 10.6 Å². The zero-order valence-electron chi connectivity index (χ0n) is 14.7. The van der Waals surface area contributed by atoms with E-state index in [0.29, 0.717) is 19.1 Å². The number of alkyl carbamates (subject to hydrolysis) is 1. The molecule has 6 nitrogen and oxygen atoms in total. The van der Waals surface area contributed by atoms with Crippen LogP contribution in [-0.2, 0) is 16.1 Å². The number of carboxylic acid groups (broad SMARTS) is 1. The summed E-state index contributed by atoms with van der Waals surface area (Å²) in [6.45, 7) is 8.04. The van der Waals surface area contributed by atoms with Crippen LogP contribution in [0, 0.1) is 11.3 Å². The van der Waals surface area contributed by atoms with Crippen molar-refractivity contribution in [2.24, 2.45) is 11.3 Å². The van der Waals surface area contributed by atoms with Crippen LogP contribution < -0.4 is 10.6 Å². The van der Waals surface area contributed by atoms with Crippen molar-refractivity contribution in [2.45, 2.75) is 33.8 Å². The molecule has 1 fully saturated rings. The van der Waals surface area contributed by atoms with Gasteiger partial charge in [0.1, 0.15) is 6.61 Å². The first-order valence-electron chi connectivity index (χ1n) is 8.17. The number of rotatable bonds is 4. The minimum atomic E-state index is -0.757. The van der Waals surface area contributed by atoms with E-state index in [1.165, 1.54) is 0 Å². The third-order valence-electron chi connectivity index (χ3n) is 3.55. The molecular weight excluding hydrogens is 308 g/mol. The van der Waals surface area contributed by atoms with Crippen LogP contribution in [0.15, 0.2) is 30.3 Å². The molecule has 1 aromatic carbocycles. The van der Waals surface area contributed by atoms with E-state index >= 15 is 0 Å². The second-order valence-electron chi connectivity index (χ2n) is 6.86. The zero-order chi connectivity index (χ0) is 18.0. The number of hydrogen-bond donors (Lipinski definition) is 3. The van der Waals surface area contributed by atoms with Crippen LogP contribution in [0.5, 0.6) is 0 Å². The summed E-state index contributed by atoms with van der Waals surface area (Å²) in [6, 6.07) is 9.68. The fourth-order valence-electron chi connectivity index (χ4n) is 1.89. The van der Waals surface area contributed by atoms with Gasteiger partial charge in [0.25, 0.3) is 0 Å². The largest absolute Gasteiger partial charge is 0.481 e. The van der Waals surface area contributed by atoms with Crippen molar-refractivity contribution in [3.05, 3.63) is 35.9 Å². The Morgan fingerprint density at radius 2 is 1.92 bits per heavy atom. The third-order valence-corrected chi connectivity index (χ3v) is 3.55. The van der Waals surface area contributed by atoms with Gasteiger partial charge in [-0.3, -0.25) is 4.79 Å². The number of amides is 1. The van der Waals surface area contributed by atoms with Crippen molar-refractivity contribution in [3.8, 4) is 0 Å². The molecule has 24 heavy (non-hydrogen) atoms. The van der Waals surface area contributed by atoms with Gasteiger partial charge in [0.2, 0.25) is 0 Å². The molecule has 1 aromatic rings. The van der Waals surface area contributed by atoms with Gasteiger partial charge in [0.05, 0.1) is 5.41 Å². The van der Waals surface area contributed by atoms with Gasteiger partial charge >= 0.3 is 12.1 Å². The number of carbonyl (C=O) groups excluding carboxylic acids is 1. The molecule has 2 rings (SSSR count). The van der Waals surface area contributed by atoms with E-state index < -0.39 is 11.4 Å². The zero-order valence-corrected chi connectivity index (χ0v) is 14.7. The van der Waals surface area contributed by atoms with Crippen LogP contribution in [-0.4, -0.2) is 36.8 Å². The summed E-state index contributed by atoms with van der Waals surface area (Å²) in [6.07, 6.45) is 0.791. The monoisotopic (exact) mass is 336 g/mol. The predicted octanol–water partition coefficient (Wildman–Crippen LogP) is 2.64. The molecule has 1 saturated heterocycles. The summed E-state index contributed by atoms with van der Waals surface area (Å²) in [4.78, 5) is 21.4. The standard InChI is InChI=1S/C13H18N2O2.C5H10O2/c16-13(15-9-12-6-7-14-8-12)17-10-11-4-2-1-3-5-11;1-5(2,3)4(6)7/h1-5,12,14H,6-10H2,(H,15,16);1-3H3,(H,6,7). The lowest BCUT2D eigenvalue weighted by Crippen LogP contribution is -2.30. The first kappa shape index (κ1) is 20.0. The second kappa shape index (κ2) is 9.93. The van der Waals surface area contributed by atoms with Crippen LogP contribution in [0.25, 0.3) is 0 Å². The second-order valence-corrected chi connectivity index (χ2v) is 6.86. The molecule has 0 bridgehead atoms. The van der Waals surface area contributed by atoms with Crippen LogP contribution in [0.2, 0.25) is 0 Å². The fourth-order valence-corrected chi connectivity index (χ4v) is 1.89. The molecule has 1 atom stereocenters. The van der Waals surface area contributed by atoms with Gasteiger partial charge in [-0.15, -0.1) is 0 Å². The van der Waals surface area contributed by atoms with E-state index in [1.54, 1.807) is 20.8 Å². The summed E-state index contributed by atoms with van der Waals surface area (Å²) < 4.78 is 5.12. The first-order chi connectivity index (χ1) is 11.3. The molecule has 3 N–H and O–H groups in total. The van der Waals surface area contributed by atoms with Crippen LogP contribution in [0.4, 0.5) is 4.79 Å². The molecule has 0 spiro atoms. The molecule has 1 aliphatic rings. The molecule has 0 radical (unpaired) electrons. The van der Waals surface area contributed by atoms with Crippen LogP contribution >= 0.6 is 0 Å². The number of hydrogen-bond acceptors (Lipinski definition) is 4. The Bertz CT molecular complexity index is 506. The average molecular weight is 336 g/mol. The topological polar surface area (TPSA) is 87.7 Å². The molecule has 0 aliphatic carbocycles. The predicted molar refractivity (Wildman–Crippen MR) is 92.7 cm³/mol. The Morgan fingerprint density at radius 1 is 1.29 bits per heavy atom. The van der Waals surface area contributed by atoms with Crippen molar-refractivity contribution >= 4 is 12.1 Å². The van der Waals surface area contributed by atoms with Gasteiger partial charge in [0.15, 0.2) is 0 Å². The Labute approximate surface area is 143 Å². The fraction of sp³-hybridized carbons (Fsp3) is 0.556. The number of ether oxygens (including phenoxy) is 1. The number of aliphatic carboxylic acids is 1. The minimum Gasteiger partial charge on any atom is -0.481 e. The van der Waals surface area contributed by atoms with E-state index in [1.807, 2.05) is 30.3 Å². The summed E-state index contributed by atoms with van der Waals surface area (Å²) in [5, 5.41) is 14.3. The third kappa shape index (κ3) is 8.53. The lowest BCUT2D eigenvalue weighted by molar-refractivity contribution is -0.145. The van der Waals surface area contributed by atoms with Crippen molar-refractivity contribution in [2.75, 3.05) is 19.6 Å². The number of benzene rings is 1. The molecule has 1 amide bonds. The maximum Gasteiger partial charge on any atom is 0.407 e. The van der Waals surface area contributed by atoms with Crippen molar-refractivity contribution in [1.82, 2.24) is 10.6 Å². The smallest absolute Gasteiger partial charge is 0.407 e. The molecule has 1 heterocycles. The molecular formula is C18H28N2O4. The summed E-state index contributed by atoms with van der Waals surface area (Å²) in [7, 11) is 0. The molecule has 6 heteroatoms. The lowest BCUT2D eigenvalue weighted by atomic mass is 9.98. The van der Waals surface area contributed by atoms with Gasteiger partial charge in [-0.1, -0.05) is 30.3 Å². The summed E-state index contributed by atoms with van der Waals surface area (Å²) in [5.74, 6) is -0.216. The van der Waals surface area contributed by atoms with Gasteiger partial charge in [0, 0.05) is 6.54 Å². The van der Waals surface area contributed by atoms with Gasteiger partial charge < -0.3 is 20.5 Å². The van der Waals surface area contributed by atoms with Gasteiger partial charge in [-0.25, -0.2) is 4.79 Å². The maximum absolute atomic E-state index is 11.4. The van der Waals surface area contributed by atoms with Crippen molar-refractivity contribution in [3.63, 3.8) is 0 Å². The van der Waals surface area contributed by atoms with Crippen LogP contribution in [0.3, 0.4) is 0 Å². The molecule has 0 aromatic heterocycles. The average Bonchev–Trinajstić information content (AvgIpc) is 3.05. The summed E-state index contributed by atoms with van der Waals surface area (Å²) >= 11 is 0. The van der Waals surface area contributed by atoms with Gasteiger partial charge in [-0.2, -0.15) is 0 Å². The Morgan fingerprint density at radius 3 is 2.42 bits per heavy atom. The van der Waals surface area contributed by atoms with Gasteiger partial charge in [-0.05, 0) is 51.8 Å². The number of nitrogens with one attached hydrogen (secondary N) is 2. The lowest BCUT2D eigenvalue weighted by Gasteiger charge is -2.10.